The standard InChI is InChI=1S/C13H18N2O4S/c1-9(2)14-12(13(16)19-3)8-20-11-6-4-10(5-7-11)15(17)18/h4-7,9,12,14H,8H2,1-3H3. The van der Waals surface area contributed by atoms with Crippen LogP contribution in [0.25, 0.3) is 0 Å². The molecule has 7 heteroatoms. The molecule has 20 heavy (non-hydrogen) atoms. The number of carbonyl (C=O) groups excluding carboxylic acids is 1. The lowest BCUT2D eigenvalue weighted by atomic mass is 10.3. The van der Waals surface area contributed by atoms with Gasteiger partial charge in [0.15, 0.2) is 0 Å². The number of benzene rings is 1. The molecule has 1 rings (SSSR count). The van der Waals surface area contributed by atoms with Crippen molar-refractivity contribution in [2.45, 2.75) is 30.8 Å². The Hall–Kier alpha value is -1.60. The zero-order chi connectivity index (χ0) is 15.1. The molecule has 110 valence electrons. The zero-order valence-electron chi connectivity index (χ0n) is 11.7. The van der Waals surface area contributed by atoms with E-state index in [1.807, 2.05) is 13.8 Å². The number of nitro groups is 1. The number of nitrogens with zero attached hydrogens (tertiary/aromatic N) is 1. The smallest absolute Gasteiger partial charge is 0.323 e. The predicted molar refractivity (Wildman–Crippen MR) is 77.9 cm³/mol. The largest absolute Gasteiger partial charge is 0.468 e. The van der Waals surface area contributed by atoms with Gasteiger partial charge in [-0.3, -0.25) is 14.9 Å². The van der Waals surface area contributed by atoms with Crippen molar-refractivity contribution in [1.29, 1.82) is 0 Å². The van der Waals surface area contributed by atoms with Crippen molar-refractivity contribution in [3.05, 3.63) is 34.4 Å². The summed E-state index contributed by atoms with van der Waals surface area (Å²) in [6.07, 6.45) is 0. The Balaban J connectivity index is 2.62. The number of nitrogens with one attached hydrogen (secondary N) is 1. The lowest BCUT2D eigenvalue weighted by Crippen LogP contribution is -2.43. The second-order valence-corrected chi connectivity index (χ2v) is 5.55. The quantitative estimate of drug-likeness (QED) is 0.360. The molecule has 0 fully saturated rings. The minimum atomic E-state index is -0.438. The monoisotopic (exact) mass is 298 g/mol. The second kappa shape index (κ2) is 7.86. The molecule has 0 bridgehead atoms. The van der Waals surface area contributed by atoms with Gasteiger partial charge in [-0.05, 0) is 12.1 Å². The molecule has 0 radical (unpaired) electrons. The van der Waals surface area contributed by atoms with E-state index in [2.05, 4.69) is 5.32 Å². The van der Waals surface area contributed by atoms with E-state index in [1.165, 1.54) is 31.0 Å². The summed E-state index contributed by atoms with van der Waals surface area (Å²) in [5, 5.41) is 13.7. The summed E-state index contributed by atoms with van der Waals surface area (Å²) in [6, 6.07) is 6.01. The zero-order valence-corrected chi connectivity index (χ0v) is 12.5. The van der Waals surface area contributed by atoms with E-state index >= 15 is 0 Å². The molecule has 0 heterocycles. The number of hydrogen-bond donors (Lipinski definition) is 1. The van der Waals surface area contributed by atoms with Crippen molar-refractivity contribution in [1.82, 2.24) is 5.32 Å². The number of rotatable bonds is 7. The van der Waals surface area contributed by atoms with Gasteiger partial charge in [-0.2, -0.15) is 0 Å². The number of hydrogen-bond acceptors (Lipinski definition) is 6. The molecule has 0 aromatic heterocycles. The van der Waals surface area contributed by atoms with Crippen molar-refractivity contribution in [3.8, 4) is 0 Å². The maximum Gasteiger partial charge on any atom is 0.323 e. The molecule has 0 saturated carbocycles. The van der Waals surface area contributed by atoms with Gasteiger partial charge >= 0.3 is 5.97 Å². The maximum atomic E-state index is 11.6. The van der Waals surface area contributed by atoms with Crippen LogP contribution < -0.4 is 5.32 Å². The average Bonchev–Trinajstić information content (AvgIpc) is 2.42. The minimum absolute atomic E-state index is 0.0548. The van der Waals surface area contributed by atoms with Crippen LogP contribution in [0.4, 0.5) is 5.69 Å². The Kier molecular flexibility index (Phi) is 6.47. The fourth-order valence-corrected chi connectivity index (χ4v) is 2.49. The molecule has 0 aliphatic rings. The second-order valence-electron chi connectivity index (χ2n) is 4.46. The van der Waals surface area contributed by atoms with Crippen LogP contribution in [-0.4, -0.2) is 35.8 Å². The van der Waals surface area contributed by atoms with Gasteiger partial charge in [0, 0.05) is 28.8 Å². The molecule has 1 aromatic carbocycles. The van der Waals surface area contributed by atoms with E-state index in [-0.39, 0.29) is 17.7 Å². The van der Waals surface area contributed by atoms with Crippen LogP contribution in [0.2, 0.25) is 0 Å². The van der Waals surface area contributed by atoms with Crippen LogP contribution in [0.5, 0.6) is 0 Å². The van der Waals surface area contributed by atoms with Crippen molar-refractivity contribution in [2.24, 2.45) is 0 Å². The van der Waals surface area contributed by atoms with E-state index < -0.39 is 11.0 Å². The van der Waals surface area contributed by atoms with Crippen LogP contribution in [0.15, 0.2) is 29.2 Å². The van der Waals surface area contributed by atoms with Gasteiger partial charge in [0.05, 0.1) is 12.0 Å². The Morgan fingerprint density at radius 3 is 2.45 bits per heavy atom. The summed E-state index contributed by atoms with van der Waals surface area (Å²) >= 11 is 1.45. The van der Waals surface area contributed by atoms with Crippen molar-refractivity contribution >= 4 is 23.4 Å². The molecule has 1 N–H and O–H groups in total. The first-order valence-corrected chi connectivity index (χ1v) is 7.13. The van der Waals surface area contributed by atoms with Crippen LogP contribution in [0, 0.1) is 10.1 Å². The summed E-state index contributed by atoms with van der Waals surface area (Å²) in [7, 11) is 1.36. The maximum absolute atomic E-state index is 11.6. The molecule has 6 nitrogen and oxygen atoms in total. The highest BCUT2D eigenvalue weighted by molar-refractivity contribution is 7.99. The van der Waals surface area contributed by atoms with E-state index in [4.69, 9.17) is 4.74 Å². The molecule has 0 aliphatic carbocycles. The van der Waals surface area contributed by atoms with Gasteiger partial charge in [-0.15, -0.1) is 11.8 Å². The highest BCUT2D eigenvalue weighted by Crippen LogP contribution is 2.22. The molecular weight excluding hydrogens is 280 g/mol. The molecule has 0 saturated heterocycles. The van der Waals surface area contributed by atoms with Gasteiger partial charge < -0.3 is 10.1 Å². The lowest BCUT2D eigenvalue weighted by Gasteiger charge is -2.18. The fourth-order valence-electron chi connectivity index (χ4n) is 1.57. The van der Waals surface area contributed by atoms with E-state index in [9.17, 15) is 14.9 Å². The predicted octanol–water partition coefficient (Wildman–Crippen LogP) is 2.23. The normalized spacial score (nSPS) is 12.2. The summed E-state index contributed by atoms with van der Waals surface area (Å²) in [5.74, 6) is 0.191. The topological polar surface area (TPSA) is 81.5 Å². The average molecular weight is 298 g/mol. The molecule has 0 spiro atoms. The summed E-state index contributed by atoms with van der Waals surface area (Å²) < 4.78 is 4.75. The van der Waals surface area contributed by atoms with Gasteiger partial charge in [-0.25, -0.2) is 0 Å². The first-order chi connectivity index (χ1) is 9.43. The van der Waals surface area contributed by atoms with Crippen molar-refractivity contribution < 1.29 is 14.5 Å². The summed E-state index contributed by atoms with van der Waals surface area (Å²) in [5.41, 5.74) is 0.0548. The molecule has 0 aliphatic heterocycles. The number of esters is 1. The van der Waals surface area contributed by atoms with Crippen LogP contribution in [0.1, 0.15) is 13.8 Å². The number of non-ortho nitro benzene ring substituents is 1. The molecule has 1 unspecified atom stereocenters. The molecule has 1 aromatic rings. The molecule has 1 atom stereocenters. The number of ether oxygens (including phenoxy) is 1. The first-order valence-electron chi connectivity index (χ1n) is 6.15. The summed E-state index contributed by atoms with van der Waals surface area (Å²) in [4.78, 5) is 22.6. The highest BCUT2D eigenvalue weighted by Gasteiger charge is 2.20. The number of thioether (sulfide) groups is 1. The molecular formula is C13H18N2O4S. The Morgan fingerprint density at radius 1 is 1.40 bits per heavy atom. The third-order valence-electron chi connectivity index (χ3n) is 2.48. The summed E-state index contributed by atoms with van der Waals surface area (Å²) in [6.45, 7) is 3.90. The first kappa shape index (κ1) is 16.5. The lowest BCUT2D eigenvalue weighted by molar-refractivity contribution is -0.384. The van der Waals surface area contributed by atoms with Crippen LogP contribution in [-0.2, 0) is 9.53 Å². The number of methoxy groups -OCH3 is 1. The third kappa shape index (κ3) is 5.18. The Labute approximate surface area is 122 Å². The Bertz CT molecular complexity index is 462. The van der Waals surface area contributed by atoms with Gasteiger partial charge in [0.1, 0.15) is 6.04 Å². The van der Waals surface area contributed by atoms with Crippen molar-refractivity contribution in [2.75, 3.05) is 12.9 Å². The van der Waals surface area contributed by atoms with Crippen LogP contribution in [0.3, 0.4) is 0 Å². The van der Waals surface area contributed by atoms with E-state index in [0.717, 1.165) is 4.90 Å². The SMILES string of the molecule is COC(=O)C(CSc1ccc([N+](=O)[O-])cc1)NC(C)C. The van der Waals surface area contributed by atoms with Crippen molar-refractivity contribution in [3.63, 3.8) is 0 Å². The molecule has 0 amide bonds. The van der Waals surface area contributed by atoms with Crippen LogP contribution >= 0.6 is 11.8 Å². The highest BCUT2D eigenvalue weighted by atomic mass is 32.2. The van der Waals surface area contributed by atoms with Gasteiger partial charge in [0.25, 0.3) is 5.69 Å². The van der Waals surface area contributed by atoms with E-state index in [0.29, 0.717) is 5.75 Å². The van der Waals surface area contributed by atoms with Gasteiger partial charge in [-0.1, -0.05) is 13.8 Å². The minimum Gasteiger partial charge on any atom is -0.468 e. The van der Waals surface area contributed by atoms with Gasteiger partial charge in [0.2, 0.25) is 0 Å². The number of carbonyl (C=O) groups is 1. The Morgan fingerprint density at radius 2 is 2.00 bits per heavy atom. The fraction of sp³-hybridized carbons (Fsp3) is 0.462. The third-order valence-corrected chi connectivity index (χ3v) is 3.59. The van der Waals surface area contributed by atoms with E-state index in [1.54, 1.807) is 12.1 Å². The number of nitro benzene ring substituents is 1.